The van der Waals surface area contributed by atoms with Crippen molar-refractivity contribution >= 4 is 10.0 Å². The summed E-state index contributed by atoms with van der Waals surface area (Å²) in [5.41, 5.74) is 1.79. The van der Waals surface area contributed by atoms with Crippen LogP contribution < -0.4 is 5.32 Å². The number of hydrogen-bond donors (Lipinski definition) is 1. The third-order valence-electron chi connectivity index (χ3n) is 3.81. The molecular weight excluding hydrogens is 284 g/mol. The third kappa shape index (κ3) is 3.65. The topological polar surface area (TPSA) is 49.4 Å². The Morgan fingerprint density at radius 3 is 2.71 bits per heavy atom. The average Bonchev–Trinajstić information content (AvgIpc) is 3.25. The van der Waals surface area contributed by atoms with Crippen LogP contribution in [0.4, 0.5) is 0 Å². The van der Waals surface area contributed by atoms with Gasteiger partial charge in [-0.2, -0.15) is 4.31 Å². The van der Waals surface area contributed by atoms with E-state index in [0.29, 0.717) is 23.9 Å². The Kier molecular flexibility index (Phi) is 5.04. The van der Waals surface area contributed by atoms with Crippen molar-refractivity contribution in [1.29, 1.82) is 0 Å². The Morgan fingerprint density at radius 1 is 1.43 bits per heavy atom. The first kappa shape index (κ1) is 16.0. The van der Waals surface area contributed by atoms with Crippen LogP contribution in [0.1, 0.15) is 24.0 Å². The number of rotatable bonds is 7. The largest absolute Gasteiger partial charge is 0.316 e. The normalized spacial score (nSPS) is 15.1. The summed E-state index contributed by atoms with van der Waals surface area (Å²) in [4.78, 5) is 0.367. The highest BCUT2D eigenvalue weighted by molar-refractivity contribution is 7.89. The van der Waals surface area contributed by atoms with Crippen molar-refractivity contribution in [2.24, 2.45) is 5.92 Å². The number of terminal acetylenes is 1. The fourth-order valence-electron chi connectivity index (χ4n) is 2.40. The van der Waals surface area contributed by atoms with Gasteiger partial charge in [0.15, 0.2) is 0 Å². The van der Waals surface area contributed by atoms with E-state index in [2.05, 4.69) is 11.2 Å². The van der Waals surface area contributed by atoms with Crippen LogP contribution in [-0.4, -0.2) is 32.9 Å². The molecule has 1 aliphatic rings. The zero-order chi connectivity index (χ0) is 15.5. The molecule has 114 valence electrons. The maximum Gasteiger partial charge on any atom is 0.244 e. The molecule has 1 fully saturated rings. The SMILES string of the molecule is C#CCN(CC1CC1)S(=O)(=O)c1cccc(CNC)c1C. The second kappa shape index (κ2) is 6.61. The molecule has 5 heteroatoms. The second-order valence-corrected chi connectivity index (χ2v) is 7.42. The van der Waals surface area contributed by atoms with E-state index in [0.717, 1.165) is 24.0 Å². The molecule has 0 radical (unpaired) electrons. The highest BCUT2D eigenvalue weighted by Gasteiger charge is 2.32. The molecule has 1 N–H and O–H groups in total. The molecule has 21 heavy (non-hydrogen) atoms. The standard InChI is InChI=1S/C16H22N2O2S/c1-4-10-18(12-14-8-9-14)21(19,20)16-7-5-6-15(11-17-3)13(16)2/h1,5-7,14,17H,8-12H2,2-3H3. The Hall–Kier alpha value is -1.35. The van der Waals surface area contributed by atoms with Crippen LogP contribution in [0.2, 0.25) is 0 Å². The minimum atomic E-state index is -3.53. The van der Waals surface area contributed by atoms with E-state index >= 15 is 0 Å². The minimum absolute atomic E-state index is 0.133. The summed E-state index contributed by atoms with van der Waals surface area (Å²) in [7, 11) is -1.68. The lowest BCUT2D eigenvalue weighted by molar-refractivity contribution is 0.429. The van der Waals surface area contributed by atoms with Gasteiger partial charge in [0.05, 0.1) is 11.4 Å². The van der Waals surface area contributed by atoms with Crippen LogP contribution in [-0.2, 0) is 16.6 Å². The van der Waals surface area contributed by atoms with Gasteiger partial charge in [-0.15, -0.1) is 6.42 Å². The van der Waals surface area contributed by atoms with Crippen LogP contribution in [0, 0.1) is 25.2 Å². The summed E-state index contributed by atoms with van der Waals surface area (Å²) >= 11 is 0. The van der Waals surface area contributed by atoms with E-state index < -0.39 is 10.0 Å². The summed E-state index contributed by atoms with van der Waals surface area (Å²) in [6.45, 7) is 3.16. The molecule has 1 aromatic carbocycles. The van der Waals surface area contributed by atoms with E-state index in [9.17, 15) is 8.42 Å². The zero-order valence-corrected chi connectivity index (χ0v) is 13.4. The van der Waals surface area contributed by atoms with Gasteiger partial charge in [0.1, 0.15) is 0 Å². The van der Waals surface area contributed by atoms with Gasteiger partial charge in [-0.1, -0.05) is 18.1 Å². The van der Waals surface area contributed by atoms with E-state index in [4.69, 9.17) is 6.42 Å². The lowest BCUT2D eigenvalue weighted by Gasteiger charge is -2.21. The molecule has 0 amide bonds. The van der Waals surface area contributed by atoms with E-state index in [1.807, 2.05) is 20.0 Å². The van der Waals surface area contributed by atoms with Gasteiger partial charge in [0.2, 0.25) is 10.0 Å². The molecule has 0 bridgehead atoms. The number of hydrogen-bond acceptors (Lipinski definition) is 3. The molecule has 4 nitrogen and oxygen atoms in total. The zero-order valence-electron chi connectivity index (χ0n) is 12.6. The Labute approximate surface area is 127 Å². The Bertz CT molecular complexity index is 643. The molecule has 0 unspecified atom stereocenters. The van der Waals surface area contributed by atoms with Crippen molar-refractivity contribution in [3.8, 4) is 12.3 Å². The van der Waals surface area contributed by atoms with Crippen LogP contribution in [0.5, 0.6) is 0 Å². The molecule has 0 heterocycles. The fraction of sp³-hybridized carbons (Fsp3) is 0.500. The second-order valence-electron chi connectivity index (χ2n) is 5.52. The predicted octanol–water partition coefficient (Wildman–Crippen LogP) is 1.75. The molecule has 0 saturated heterocycles. The third-order valence-corrected chi connectivity index (χ3v) is 5.76. The highest BCUT2D eigenvalue weighted by atomic mass is 32.2. The fourth-order valence-corrected chi connectivity index (χ4v) is 4.10. The molecular formula is C16H22N2O2S. The first-order valence-corrected chi connectivity index (χ1v) is 8.61. The monoisotopic (exact) mass is 306 g/mol. The van der Waals surface area contributed by atoms with E-state index in [-0.39, 0.29) is 6.54 Å². The van der Waals surface area contributed by atoms with Crippen LogP contribution in [0.15, 0.2) is 23.1 Å². The van der Waals surface area contributed by atoms with Gasteiger partial charge in [-0.05, 0) is 49.9 Å². The number of nitrogens with one attached hydrogen (secondary N) is 1. The van der Waals surface area contributed by atoms with Gasteiger partial charge >= 0.3 is 0 Å². The summed E-state index contributed by atoms with van der Waals surface area (Å²) in [5.74, 6) is 2.94. The summed E-state index contributed by atoms with van der Waals surface area (Å²) < 4.78 is 27.2. The first-order valence-electron chi connectivity index (χ1n) is 7.17. The van der Waals surface area contributed by atoms with Crippen molar-refractivity contribution in [1.82, 2.24) is 9.62 Å². The van der Waals surface area contributed by atoms with Gasteiger partial charge in [0.25, 0.3) is 0 Å². The molecule has 0 atom stereocenters. The molecule has 0 spiro atoms. The molecule has 1 aliphatic carbocycles. The number of sulfonamides is 1. The van der Waals surface area contributed by atoms with E-state index in [1.54, 1.807) is 12.1 Å². The minimum Gasteiger partial charge on any atom is -0.316 e. The molecule has 0 aliphatic heterocycles. The smallest absolute Gasteiger partial charge is 0.244 e. The molecule has 1 aromatic rings. The quantitative estimate of drug-likeness (QED) is 0.781. The first-order chi connectivity index (χ1) is 10.0. The van der Waals surface area contributed by atoms with Crippen LogP contribution in [0.25, 0.3) is 0 Å². The van der Waals surface area contributed by atoms with Gasteiger partial charge in [-0.3, -0.25) is 0 Å². The summed E-state index contributed by atoms with van der Waals surface area (Å²) in [5, 5.41) is 3.06. The van der Waals surface area contributed by atoms with Crippen LogP contribution >= 0.6 is 0 Å². The number of benzene rings is 1. The Morgan fingerprint density at radius 2 is 2.14 bits per heavy atom. The molecule has 1 saturated carbocycles. The van der Waals surface area contributed by atoms with Crippen molar-refractivity contribution in [3.63, 3.8) is 0 Å². The van der Waals surface area contributed by atoms with Gasteiger partial charge in [-0.25, -0.2) is 8.42 Å². The van der Waals surface area contributed by atoms with Gasteiger partial charge < -0.3 is 5.32 Å². The predicted molar refractivity (Wildman–Crippen MR) is 84.3 cm³/mol. The molecule has 0 aromatic heterocycles. The van der Waals surface area contributed by atoms with Crippen molar-refractivity contribution in [3.05, 3.63) is 29.3 Å². The lowest BCUT2D eigenvalue weighted by Crippen LogP contribution is -2.34. The maximum atomic E-state index is 12.9. The van der Waals surface area contributed by atoms with Crippen LogP contribution in [0.3, 0.4) is 0 Å². The maximum absolute atomic E-state index is 12.9. The Balaban J connectivity index is 2.36. The summed E-state index contributed by atoms with van der Waals surface area (Å²) in [6.07, 6.45) is 7.54. The van der Waals surface area contributed by atoms with Crippen molar-refractivity contribution in [2.45, 2.75) is 31.2 Å². The van der Waals surface area contributed by atoms with E-state index in [1.165, 1.54) is 4.31 Å². The summed E-state index contributed by atoms with van der Waals surface area (Å²) in [6, 6.07) is 5.40. The lowest BCUT2D eigenvalue weighted by atomic mass is 10.1. The highest BCUT2D eigenvalue weighted by Crippen LogP contribution is 2.32. The van der Waals surface area contributed by atoms with Gasteiger partial charge in [0, 0.05) is 13.1 Å². The molecule has 2 rings (SSSR count). The average molecular weight is 306 g/mol. The number of nitrogens with zero attached hydrogens (tertiary/aromatic N) is 1. The van der Waals surface area contributed by atoms with Crippen molar-refractivity contribution < 1.29 is 8.42 Å². The van der Waals surface area contributed by atoms with Crippen molar-refractivity contribution in [2.75, 3.05) is 20.1 Å².